The molecule has 2 fully saturated rings. The van der Waals surface area contributed by atoms with Gasteiger partial charge in [-0.25, -0.2) is 0 Å². The van der Waals surface area contributed by atoms with Crippen LogP contribution in [-0.2, 0) is 32.7 Å². The zero-order chi connectivity index (χ0) is 46.7. The van der Waals surface area contributed by atoms with Gasteiger partial charge in [0.05, 0.1) is 25.4 Å². The van der Waals surface area contributed by atoms with Gasteiger partial charge in [0, 0.05) is 25.2 Å². The fraction of sp³-hybridized carbons (Fsp3) is 0.961. The molecule has 1 saturated heterocycles. The number of aliphatic hydroxyl groups excluding tert-OH is 4. The number of unbranched alkanes of at least 4 members (excludes halogenated alkanes) is 28. The Balaban J connectivity index is 0.0000211. The van der Waals surface area contributed by atoms with Crippen molar-refractivity contribution in [3.63, 3.8) is 0 Å². The van der Waals surface area contributed by atoms with E-state index in [1.807, 2.05) is 0 Å². The molecule has 1 aliphatic carbocycles. The maximum Gasteiger partial charge on any atom is 1.00 e. The van der Waals surface area contributed by atoms with Crippen LogP contribution in [0.2, 0.25) is 0 Å². The fourth-order valence-electron chi connectivity index (χ4n) is 9.28. The molecule has 0 aromatic heterocycles. The normalized spacial score (nSPS) is 23.8. The molecular formula is C51H96NaO12P. The molecule has 4 N–H and O–H groups in total. The van der Waals surface area contributed by atoms with E-state index in [4.69, 9.17) is 18.5 Å². The average molecular weight is 955 g/mol. The summed E-state index contributed by atoms with van der Waals surface area (Å²) >= 11 is 0. The molecule has 1 heterocycles. The Hall–Kier alpha value is 0.210. The molecule has 2 rings (SSSR count). The van der Waals surface area contributed by atoms with Crippen LogP contribution >= 0.6 is 7.82 Å². The predicted octanol–water partition coefficient (Wildman–Crippen LogP) is 8.29. The third kappa shape index (κ3) is 30.5. The number of rotatable bonds is 43. The molecule has 1 saturated carbocycles. The molecule has 1 aliphatic heterocycles. The van der Waals surface area contributed by atoms with Gasteiger partial charge >= 0.3 is 29.6 Å². The van der Waals surface area contributed by atoms with Crippen LogP contribution in [0.3, 0.4) is 0 Å². The SMILES string of the molecule is CCCCCCCCCCCCCCCCCC(=O)C[C@H](COP(=O)([O-])O[C@@H]1CCCC[C@H]1OC1OC(CO)C(O)C(O)C1O)C(=O)CCCCCCCCCCCCCCCCC.[Na+]. The summed E-state index contributed by atoms with van der Waals surface area (Å²) in [5.74, 6) is -1.12. The third-order valence-electron chi connectivity index (χ3n) is 13.5. The van der Waals surface area contributed by atoms with Gasteiger partial charge in [-0.15, -0.1) is 0 Å². The van der Waals surface area contributed by atoms with Crippen LogP contribution in [0.15, 0.2) is 0 Å². The van der Waals surface area contributed by atoms with Crippen molar-refractivity contribution in [2.75, 3.05) is 13.2 Å². The number of ketones is 2. The number of ether oxygens (including phenoxy) is 2. The Morgan fingerprint density at radius 2 is 1.00 bits per heavy atom. The average Bonchev–Trinajstić information content (AvgIpc) is 3.28. The molecule has 2 aliphatic rings. The molecule has 0 bridgehead atoms. The van der Waals surface area contributed by atoms with E-state index >= 15 is 0 Å². The monoisotopic (exact) mass is 955 g/mol. The van der Waals surface area contributed by atoms with E-state index in [1.54, 1.807) is 0 Å². The number of phosphoric ester groups is 1. The van der Waals surface area contributed by atoms with Crippen molar-refractivity contribution in [1.29, 1.82) is 0 Å². The molecule has 0 amide bonds. The smallest absolute Gasteiger partial charge is 0.756 e. The number of carbonyl (C=O) groups excluding carboxylic acids is 2. The largest absolute Gasteiger partial charge is 1.00 e. The van der Waals surface area contributed by atoms with Crippen molar-refractivity contribution in [3.05, 3.63) is 0 Å². The second-order valence-corrected chi connectivity index (χ2v) is 20.7. The molecule has 0 aromatic carbocycles. The second-order valence-electron chi connectivity index (χ2n) is 19.3. The molecule has 12 nitrogen and oxygen atoms in total. The third-order valence-corrected chi connectivity index (χ3v) is 14.5. The summed E-state index contributed by atoms with van der Waals surface area (Å²) < 4.78 is 35.6. The summed E-state index contributed by atoms with van der Waals surface area (Å²) in [6, 6.07) is 0. The molecule has 0 spiro atoms. The van der Waals surface area contributed by atoms with Gasteiger partial charge < -0.3 is 43.8 Å². The molecule has 9 atom stereocenters. The van der Waals surface area contributed by atoms with Gasteiger partial charge in [0.2, 0.25) is 0 Å². The van der Waals surface area contributed by atoms with Gasteiger partial charge in [0.15, 0.2) is 6.29 Å². The molecule has 0 aromatic rings. The Kier molecular flexibility index (Phi) is 39.8. The Morgan fingerprint density at radius 3 is 1.43 bits per heavy atom. The summed E-state index contributed by atoms with van der Waals surface area (Å²) in [7, 11) is -4.99. The van der Waals surface area contributed by atoms with Crippen LogP contribution in [0.25, 0.3) is 0 Å². The number of hydrogen-bond donors (Lipinski definition) is 4. The van der Waals surface area contributed by atoms with Gasteiger partial charge in [0.25, 0.3) is 7.82 Å². The Bertz CT molecular complexity index is 1200. The minimum atomic E-state index is -4.99. The number of phosphoric acid groups is 1. The summed E-state index contributed by atoms with van der Waals surface area (Å²) in [6.07, 6.45) is 29.9. The van der Waals surface area contributed by atoms with Crippen LogP contribution in [0.1, 0.15) is 251 Å². The van der Waals surface area contributed by atoms with E-state index in [9.17, 15) is 39.5 Å². The van der Waals surface area contributed by atoms with Crippen molar-refractivity contribution in [3.8, 4) is 0 Å². The van der Waals surface area contributed by atoms with Gasteiger partial charge in [-0.3, -0.25) is 14.2 Å². The van der Waals surface area contributed by atoms with Gasteiger partial charge in [-0.05, 0) is 25.7 Å². The minimum absolute atomic E-state index is 0. The number of Topliss-reactive ketones (excluding diaryl/α,β-unsaturated/α-hetero) is 2. The van der Waals surface area contributed by atoms with Gasteiger partial charge in [-0.2, -0.15) is 0 Å². The number of carbonyl (C=O) groups is 2. The first-order valence-electron chi connectivity index (χ1n) is 26.7. The van der Waals surface area contributed by atoms with Crippen LogP contribution in [0, 0.1) is 5.92 Å². The van der Waals surface area contributed by atoms with E-state index in [0.717, 1.165) is 44.9 Å². The van der Waals surface area contributed by atoms with E-state index in [1.165, 1.54) is 141 Å². The van der Waals surface area contributed by atoms with Crippen LogP contribution in [0.4, 0.5) is 0 Å². The van der Waals surface area contributed by atoms with E-state index in [-0.39, 0.29) is 54.0 Å². The quantitative estimate of drug-likeness (QED) is 0.0260. The molecule has 6 unspecified atom stereocenters. The molecule has 14 heteroatoms. The summed E-state index contributed by atoms with van der Waals surface area (Å²) in [6.45, 7) is 3.40. The van der Waals surface area contributed by atoms with E-state index in [2.05, 4.69) is 13.8 Å². The standard InChI is InChI=1S/C51H97O12P.Na/c1-3-5-7-9-11-13-15-17-19-21-23-25-27-29-31-35-43(53)39-42(44(54)36-32-30-28-26-24-22-20-18-16-14-12-10-8-6-4-2)41-60-64(58,59)63-46-38-34-33-37-45(46)61-51-50(57)49(56)48(55)47(40-52)62-51;/h42,45-52,55-57H,3-41H2,1-2H3,(H,58,59);/q;+1/p-1/t42-,45-,46-,47?,48?,49?,50?,51?;/m1./s1. The number of hydrogen-bond acceptors (Lipinski definition) is 12. The van der Waals surface area contributed by atoms with Crippen LogP contribution < -0.4 is 34.5 Å². The second kappa shape index (κ2) is 40.9. The first-order chi connectivity index (χ1) is 31.0. The number of aliphatic hydroxyl groups is 4. The van der Waals surface area contributed by atoms with Crippen LogP contribution in [0.5, 0.6) is 0 Å². The molecule has 0 radical (unpaired) electrons. The predicted molar refractivity (Wildman–Crippen MR) is 253 cm³/mol. The zero-order valence-corrected chi connectivity index (χ0v) is 44.6. The molecular weight excluding hydrogens is 859 g/mol. The van der Waals surface area contributed by atoms with Crippen molar-refractivity contribution >= 4 is 19.4 Å². The first kappa shape index (κ1) is 63.2. The van der Waals surface area contributed by atoms with Crippen molar-refractivity contribution < 1.29 is 87.6 Å². The zero-order valence-electron chi connectivity index (χ0n) is 41.7. The van der Waals surface area contributed by atoms with Crippen molar-refractivity contribution in [2.45, 2.75) is 294 Å². The van der Waals surface area contributed by atoms with Gasteiger partial charge in [-0.1, -0.05) is 206 Å². The summed E-state index contributed by atoms with van der Waals surface area (Å²) in [5.41, 5.74) is 0. The Labute approximate surface area is 418 Å². The van der Waals surface area contributed by atoms with Crippen molar-refractivity contribution in [2.24, 2.45) is 5.92 Å². The van der Waals surface area contributed by atoms with E-state index in [0.29, 0.717) is 38.5 Å². The van der Waals surface area contributed by atoms with E-state index < -0.39 is 69.9 Å². The molecule has 65 heavy (non-hydrogen) atoms. The summed E-state index contributed by atoms with van der Waals surface area (Å²) in [4.78, 5) is 40.1. The topological polar surface area (TPSA) is 192 Å². The fourth-order valence-corrected chi connectivity index (χ4v) is 10.3. The summed E-state index contributed by atoms with van der Waals surface area (Å²) in [5, 5.41) is 40.5. The Morgan fingerprint density at radius 1 is 0.600 bits per heavy atom. The van der Waals surface area contributed by atoms with Crippen LogP contribution in [-0.4, -0.2) is 88.1 Å². The van der Waals surface area contributed by atoms with Gasteiger partial charge in [0.1, 0.15) is 36.0 Å². The minimum Gasteiger partial charge on any atom is -0.756 e. The van der Waals surface area contributed by atoms with Crippen molar-refractivity contribution in [1.82, 2.24) is 0 Å². The first-order valence-corrected chi connectivity index (χ1v) is 28.1. The maximum atomic E-state index is 13.6. The molecule has 378 valence electrons. The maximum absolute atomic E-state index is 13.6.